The largest absolute Gasteiger partial charge is 0.320 e. The fourth-order valence-electron chi connectivity index (χ4n) is 1.80. The second-order valence-corrected chi connectivity index (χ2v) is 6.38. The number of nitrogens with zero attached hydrogens (tertiary/aromatic N) is 3. The molecule has 0 aliphatic rings. The maximum Gasteiger partial charge on any atom is 0.240 e. The van der Waals surface area contributed by atoms with E-state index >= 15 is 0 Å². The van der Waals surface area contributed by atoms with Crippen LogP contribution in [0.3, 0.4) is 0 Å². The Morgan fingerprint density at radius 2 is 2.10 bits per heavy atom. The fourth-order valence-corrected chi connectivity index (χ4v) is 2.85. The van der Waals surface area contributed by atoms with Crippen molar-refractivity contribution in [2.24, 2.45) is 7.05 Å². The minimum Gasteiger partial charge on any atom is -0.320 e. The summed E-state index contributed by atoms with van der Waals surface area (Å²) in [4.78, 5) is 0.250. The molecule has 0 atom stereocenters. The smallest absolute Gasteiger partial charge is 0.240 e. The summed E-state index contributed by atoms with van der Waals surface area (Å²) in [6.45, 7) is 3.59. The normalized spacial score (nSPS) is 11.7. The highest BCUT2D eigenvalue weighted by Crippen LogP contribution is 2.12. The molecule has 0 saturated carbocycles. The highest BCUT2D eigenvalue weighted by atomic mass is 32.2. The molecule has 0 unspecified atom stereocenters. The molecule has 0 spiro atoms. The molecule has 8 heteroatoms. The van der Waals surface area contributed by atoms with Crippen molar-refractivity contribution in [3.63, 3.8) is 0 Å². The zero-order valence-corrected chi connectivity index (χ0v) is 12.9. The number of sulfonamides is 1. The molecule has 0 radical (unpaired) electrons. The van der Waals surface area contributed by atoms with Gasteiger partial charge in [0.1, 0.15) is 12.2 Å². The van der Waals surface area contributed by atoms with Crippen LogP contribution in [0.2, 0.25) is 0 Å². The van der Waals surface area contributed by atoms with Crippen molar-refractivity contribution in [2.75, 3.05) is 6.54 Å². The van der Waals surface area contributed by atoms with Gasteiger partial charge in [-0.1, -0.05) is 19.1 Å². The lowest BCUT2D eigenvalue weighted by Crippen LogP contribution is -2.25. The Morgan fingerprint density at radius 3 is 2.76 bits per heavy atom. The number of rotatable bonds is 7. The monoisotopic (exact) mass is 309 g/mol. The minimum absolute atomic E-state index is 0.107. The number of aryl methyl sites for hydroxylation is 1. The summed E-state index contributed by atoms with van der Waals surface area (Å²) in [5.74, 6) is 0.558. The van der Waals surface area contributed by atoms with Gasteiger partial charge in [0.15, 0.2) is 0 Å². The Bertz CT molecular complexity index is 696. The molecule has 2 N–H and O–H groups in total. The van der Waals surface area contributed by atoms with Crippen LogP contribution in [0.4, 0.5) is 0 Å². The lowest BCUT2D eigenvalue weighted by Gasteiger charge is -2.08. The van der Waals surface area contributed by atoms with Crippen LogP contribution in [0.15, 0.2) is 35.5 Å². The quantitative estimate of drug-likeness (QED) is 0.773. The van der Waals surface area contributed by atoms with Crippen LogP contribution in [-0.4, -0.2) is 29.7 Å². The van der Waals surface area contributed by atoms with E-state index < -0.39 is 10.0 Å². The second-order valence-electron chi connectivity index (χ2n) is 4.61. The van der Waals surface area contributed by atoms with E-state index in [0.717, 1.165) is 12.1 Å². The summed E-state index contributed by atoms with van der Waals surface area (Å²) in [7, 11) is -1.79. The van der Waals surface area contributed by atoms with E-state index in [1.807, 2.05) is 13.0 Å². The third kappa shape index (κ3) is 4.10. The van der Waals surface area contributed by atoms with Crippen LogP contribution in [0.5, 0.6) is 0 Å². The SMILES string of the molecule is CCNCc1cccc(S(=O)(=O)NCc2nncn2C)c1. The summed E-state index contributed by atoms with van der Waals surface area (Å²) < 4.78 is 28.8. The van der Waals surface area contributed by atoms with Gasteiger partial charge in [0.2, 0.25) is 10.0 Å². The number of hydrogen-bond donors (Lipinski definition) is 2. The first-order chi connectivity index (χ1) is 10.0. The van der Waals surface area contributed by atoms with Crippen molar-refractivity contribution in [1.82, 2.24) is 24.8 Å². The van der Waals surface area contributed by atoms with Gasteiger partial charge in [-0.05, 0) is 24.2 Å². The topological polar surface area (TPSA) is 88.9 Å². The molecule has 0 bridgehead atoms. The Balaban J connectivity index is 2.10. The highest BCUT2D eigenvalue weighted by molar-refractivity contribution is 7.89. The second kappa shape index (κ2) is 6.79. The molecule has 1 heterocycles. The van der Waals surface area contributed by atoms with E-state index in [9.17, 15) is 8.42 Å². The molecule has 1 aromatic heterocycles. The van der Waals surface area contributed by atoms with Gasteiger partial charge in [0, 0.05) is 13.6 Å². The molecular formula is C13H19N5O2S. The number of benzene rings is 1. The average molecular weight is 309 g/mol. The van der Waals surface area contributed by atoms with Crippen LogP contribution in [0.1, 0.15) is 18.3 Å². The number of nitrogens with one attached hydrogen (secondary N) is 2. The van der Waals surface area contributed by atoms with Crippen molar-refractivity contribution in [2.45, 2.75) is 24.9 Å². The lowest BCUT2D eigenvalue weighted by atomic mass is 10.2. The summed E-state index contributed by atoms with van der Waals surface area (Å²) >= 11 is 0. The van der Waals surface area contributed by atoms with Crippen LogP contribution in [0, 0.1) is 0 Å². The Labute approximate surface area is 124 Å². The van der Waals surface area contributed by atoms with Gasteiger partial charge < -0.3 is 9.88 Å². The molecule has 114 valence electrons. The molecule has 0 aliphatic heterocycles. The Kier molecular flexibility index (Phi) is 5.05. The molecule has 0 fully saturated rings. The van der Waals surface area contributed by atoms with E-state index in [1.165, 1.54) is 6.33 Å². The zero-order chi connectivity index (χ0) is 15.3. The summed E-state index contributed by atoms with van der Waals surface area (Å²) in [6.07, 6.45) is 1.53. The third-order valence-electron chi connectivity index (χ3n) is 3.01. The zero-order valence-electron chi connectivity index (χ0n) is 12.1. The van der Waals surface area contributed by atoms with Gasteiger partial charge in [-0.15, -0.1) is 10.2 Å². The van der Waals surface area contributed by atoms with E-state index in [2.05, 4.69) is 20.2 Å². The van der Waals surface area contributed by atoms with Crippen LogP contribution < -0.4 is 10.0 Å². The molecule has 0 saturated heterocycles. The average Bonchev–Trinajstić information content (AvgIpc) is 2.89. The Morgan fingerprint density at radius 1 is 1.29 bits per heavy atom. The van der Waals surface area contributed by atoms with Crippen molar-refractivity contribution in [3.05, 3.63) is 42.0 Å². The molecule has 0 aliphatic carbocycles. The first-order valence-electron chi connectivity index (χ1n) is 6.65. The summed E-state index contributed by atoms with van der Waals surface area (Å²) in [6, 6.07) is 6.88. The highest BCUT2D eigenvalue weighted by Gasteiger charge is 2.15. The number of hydrogen-bond acceptors (Lipinski definition) is 5. The fraction of sp³-hybridized carbons (Fsp3) is 0.385. The van der Waals surface area contributed by atoms with Gasteiger partial charge in [0.05, 0.1) is 11.4 Å². The standard InChI is InChI=1S/C13H19N5O2S/c1-3-14-8-11-5-4-6-12(7-11)21(19,20)16-9-13-17-15-10-18(13)2/h4-7,10,14,16H,3,8-9H2,1-2H3. The first-order valence-corrected chi connectivity index (χ1v) is 8.13. The third-order valence-corrected chi connectivity index (χ3v) is 4.41. The van der Waals surface area contributed by atoms with Crippen molar-refractivity contribution >= 4 is 10.0 Å². The van der Waals surface area contributed by atoms with E-state index in [4.69, 9.17) is 0 Å². The summed E-state index contributed by atoms with van der Waals surface area (Å²) in [5, 5.41) is 10.7. The van der Waals surface area contributed by atoms with Gasteiger partial charge >= 0.3 is 0 Å². The van der Waals surface area contributed by atoms with Crippen LogP contribution in [0.25, 0.3) is 0 Å². The van der Waals surface area contributed by atoms with Crippen molar-refractivity contribution < 1.29 is 8.42 Å². The van der Waals surface area contributed by atoms with E-state index in [1.54, 1.807) is 29.8 Å². The van der Waals surface area contributed by atoms with Gasteiger partial charge in [-0.3, -0.25) is 0 Å². The predicted octanol–water partition coefficient (Wildman–Crippen LogP) is 0.403. The lowest BCUT2D eigenvalue weighted by molar-refractivity contribution is 0.577. The molecule has 2 aromatic rings. The first kappa shape index (κ1) is 15.6. The molecule has 21 heavy (non-hydrogen) atoms. The van der Waals surface area contributed by atoms with E-state index in [-0.39, 0.29) is 11.4 Å². The minimum atomic E-state index is -3.56. The number of aromatic nitrogens is 3. The van der Waals surface area contributed by atoms with Crippen molar-refractivity contribution in [3.8, 4) is 0 Å². The van der Waals surface area contributed by atoms with E-state index in [0.29, 0.717) is 12.4 Å². The Hall–Kier alpha value is -1.77. The van der Waals surface area contributed by atoms with Gasteiger partial charge in [0.25, 0.3) is 0 Å². The maximum absolute atomic E-state index is 12.3. The maximum atomic E-state index is 12.3. The van der Waals surface area contributed by atoms with Crippen LogP contribution in [-0.2, 0) is 30.2 Å². The van der Waals surface area contributed by atoms with Gasteiger partial charge in [-0.25, -0.2) is 13.1 Å². The molecule has 7 nitrogen and oxygen atoms in total. The van der Waals surface area contributed by atoms with Crippen LogP contribution >= 0.6 is 0 Å². The molecule has 1 aromatic carbocycles. The summed E-state index contributed by atoms with van der Waals surface area (Å²) in [5.41, 5.74) is 0.929. The van der Waals surface area contributed by atoms with Crippen molar-refractivity contribution in [1.29, 1.82) is 0 Å². The van der Waals surface area contributed by atoms with Gasteiger partial charge in [-0.2, -0.15) is 0 Å². The molecule has 2 rings (SSSR count). The molecular weight excluding hydrogens is 290 g/mol. The predicted molar refractivity (Wildman–Crippen MR) is 78.9 cm³/mol. The molecule has 0 amide bonds.